The van der Waals surface area contributed by atoms with E-state index in [2.05, 4.69) is 5.32 Å². The van der Waals surface area contributed by atoms with E-state index in [0.29, 0.717) is 18.4 Å². The van der Waals surface area contributed by atoms with Crippen molar-refractivity contribution in [3.8, 4) is 0 Å². The number of amides is 2. The van der Waals surface area contributed by atoms with Crippen LogP contribution in [0.3, 0.4) is 0 Å². The van der Waals surface area contributed by atoms with E-state index < -0.39 is 5.91 Å². The topological polar surface area (TPSA) is 81.4 Å². The van der Waals surface area contributed by atoms with E-state index in [1.54, 1.807) is 12.1 Å². The highest BCUT2D eigenvalue weighted by molar-refractivity contribution is 5.92. The second-order valence-corrected chi connectivity index (χ2v) is 7.35. The smallest absolute Gasteiger partial charge is 0.248 e. The molecular formula is C18H26N2O3. The van der Waals surface area contributed by atoms with Gasteiger partial charge in [-0.3, -0.25) is 9.59 Å². The summed E-state index contributed by atoms with van der Waals surface area (Å²) in [5.74, 6) is -0.427. The second kappa shape index (κ2) is 6.32. The zero-order chi connectivity index (χ0) is 17.3. The van der Waals surface area contributed by atoms with Crippen molar-refractivity contribution in [2.75, 3.05) is 0 Å². The van der Waals surface area contributed by atoms with E-state index >= 15 is 0 Å². The van der Waals surface area contributed by atoms with Crippen molar-refractivity contribution in [3.63, 3.8) is 0 Å². The van der Waals surface area contributed by atoms with Gasteiger partial charge in [-0.25, -0.2) is 0 Å². The van der Waals surface area contributed by atoms with Gasteiger partial charge in [-0.15, -0.1) is 0 Å². The molecule has 0 bridgehead atoms. The predicted octanol–water partition coefficient (Wildman–Crippen LogP) is 2.18. The van der Waals surface area contributed by atoms with Crippen molar-refractivity contribution in [2.45, 2.75) is 64.2 Å². The summed E-state index contributed by atoms with van der Waals surface area (Å²) in [4.78, 5) is 23.2. The van der Waals surface area contributed by atoms with Gasteiger partial charge in [0.15, 0.2) is 0 Å². The van der Waals surface area contributed by atoms with Gasteiger partial charge in [-0.05, 0) is 58.2 Å². The number of nitrogens with one attached hydrogen (secondary N) is 1. The summed E-state index contributed by atoms with van der Waals surface area (Å²) < 4.78 is 5.99. The summed E-state index contributed by atoms with van der Waals surface area (Å²) in [5, 5.41) is 3.09. The highest BCUT2D eigenvalue weighted by atomic mass is 16.5. The Kier molecular flexibility index (Phi) is 4.80. The molecule has 1 saturated heterocycles. The van der Waals surface area contributed by atoms with E-state index in [-0.39, 0.29) is 23.2 Å². The van der Waals surface area contributed by atoms with Crippen LogP contribution in [0.1, 0.15) is 56.5 Å². The molecule has 2 rings (SSSR count). The number of nitrogens with two attached hydrogens (primary N) is 1. The van der Waals surface area contributed by atoms with Crippen LogP contribution in [0.4, 0.5) is 0 Å². The maximum atomic E-state index is 12.2. The molecule has 2 amide bonds. The molecule has 1 unspecified atom stereocenters. The lowest BCUT2D eigenvalue weighted by molar-refractivity contribution is -0.123. The third-order valence-electron chi connectivity index (χ3n) is 4.29. The van der Waals surface area contributed by atoms with Crippen LogP contribution in [0.2, 0.25) is 0 Å². The molecule has 0 radical (unpaired) electrons. The van der Waals surface area contributed by atoms with Gasteiger partial charge in [-0.2, -0.15) is 0 Å². The van der Waals surface area contributed by atoms with Gasteiger partial charge in [0.2, 0.25) is 11.8 Å². The van der Waals surface area contributed by atoms with Crippen molar-refractivity contribution in [1.82, 2.24) is 5.32 Å². The molecule has 0 saturated carbocycles. The van der Waals surface area contributed by atoms with Crippen LogP contribution in [0.15, 0.2) is 24.3 Å². The molecule has 1 aliphatic rings. The van der Waals surface area contributed by atoms with E-state index in [1.165, 1.54) is 0 Å². The number of primary amides is 1. The predicted molar refractivity (Wildman–Crippen MR) is 89.1 cm³/mol. The SMILES string of the molecule is CC1(C)CC(NC(=O)CCc2ccc(C(N)=O)cc2)C(C)(C)O1. The molecule has 126 valence electrons. The molecule has 1 aliphatic heterocycles. The third-order valence-corrected chi connectivity index (χ3v) is 4.29. The number of hydrogen-bond acceptors (Lipinski definition) is 3. The maximum absolute atomic E-state index is 12.2. The van der Waals surface area contributed by atoms with Crippen LogP contribution >= 0.6 is 0 Å². The largest absolute Gasteiger partial charge is 0.367 e. The van der Waals surface area contributed by atoms with Gasteiger partial charge >= 0.3 is 0 Å². The number of rotatable bonds is 5. The van der Waals surface area contributed by atoms with Crippen LogP contribution in [0.25, 0.3) is 0 Å². The molecule has 0 aromatic heterocycles. The highest BCUT2D eigenvalue weighted by Crippen LogP contribution is 2.37. The summed E-state index contributed by atoms with van der Waals surface area (Å²) in [5.41, 5.74) is 6.12. The Morgan fingerprint density at radius 1 is 1.22 bits per heavy atom. The van der Waals surface area contributed by atoms with Crippen LogP contribution in [0.5, 0.6) is 0 Å². The van der Waals surface area contributed by atoms with E-state index in [9.17, 15) is 9.59 Å². The van der Waals surface area contributed by atoms with Crippen LogP contribution in [0, 0.1) is 0 Å². The summed E-state index contributed by atoms with van der Waals surface area (Å²) in [7, 11) is 0. The zero-order valence-corrected chi connectivity index (χ0v) is 14.3. The molecule has 1 atom stereocenters. The minimum absolute atomic E-state index is 0.0160. The molecule has 1 aromatic carbocycles. The minimum Gasteiger partial charge on any atom is -0.367 e. The number of carbonyl (C=O) groups is 2. The van der Waals surface area contributed by atoms with Crippen LogP contribution in [-0.2, 0) is 16.0 Å². The molecule has 5 heteroatoms. The van der Waals surface area contributed by atoms with Gasteiger partial charge in [0.25, 0.3) is 0 Å². The Morgan fingerprint density at radius 2 is 1.83 bits per heavy atom. The van der Waals surface area contributed by atoms with Crippen molar-refractivity contribution in [1.29, 1.82) is 0 Å². The first-order valence-electron chi connectivity index (χ1n) is 7.97. The normalized spacial score (nSPS) is 21.8. The average molecular weight is 318 g/mol. The lowest BCUT2D eigenvalue weighted by Gasteiger charge is -2.27. The monoisotopic (exact) mass is 318 g/mol. The van der Waals surface area contributed by atoms with E-state index in [4.69, 9.17) is 10.5 Å². The Morgan fingerprint density at radius 3 is 2.30 bits per heavy atom. The summed E-state index contributed by atoms with van der Waals surface area (Å²) in [6.07, 6.45) is 1.84. The zero-order valence-electron chi connectivity index (χ0n) is 14.3. The molecule has 3 N–H and O–H groups in total. The third kappa shape index (κ3) is 4.55. The standard InChI is InChI=1S/C18H26N2O3/c1-17(2)11-14(18(3,4)23-17)20-15(21)10-7-12-5-8-13(9-6-12)16(19)22/h5-6,8-9,14H,7,10-11H2,1-4H3,(H2,19,22)(H,20,21). The van der Waals surface area contributed by atoms with Crippen molar-refractivity contribution < 1.29 is 14.3 Å². The number of benzene rings is 1. The fourth-order valence-electron chi connectivity index (χ4n) is 3.15. The van der Waals surface area contributed by atoms with Gasteiger partial charge < -0.3 is 15.8 Å². The fraction of sp³-hybridized carbons (Fsp3) is 0.556. The molecule has 1 fully saturated rings. The summed E-state index contributed by atoms with van der Waals surface area (Å²) in [6, 6.07) is 7.05. The van der Waals surface area contributed by atoms with E-state index in [0.717, 1.165) is 12.0 Å². The average Bonchev–Trinajstić information content (AvgIpc) is 2.64. The van der Waals surface area contributed by atoms with Gasteiger partial charge in [0.05, 0.1) is 17.2 Å². The molecule has 0 spiro atoms. The molecular weight excluding hydrogens is 292 g/mol. The molecule has 0 aliphatic carbocycles. The van der Waals surface area contributed by atoms with Crippen LogP contribution in [-0.4, -0.2) is 29.1 Å². The highest BCUT2D eigenvalue weighted by Gasteiger charge is 2.46. The quantitative estimate of drug-likeness (QED) is 0.873. The lowest BCUT2D eigenvalue weighted by Crippen LogP contribution is -2.46. The van der Waals surface area contributed by atoms with Crippen molar-refractivity contribution in [2.24, 2.45) is 5.73 Å². The fourth-order valence-corrected chi connectivity index (χ4v) is 3.15. The lowest BCUT2D eigenvalue weighted by atomic mass is 9.94. The van der Waals surface area contributed by atoms with Gasteiger partial charge in [0, 0.05) is 12.0 Å². The van der Waals surface area contributed by atoms with Gasteiger partial charge in [0.1, 0.15) is 0 Å². The first-order chi connectivity index (χ1) is 10.6. The Bertz CT molecular complexity index is 591. The number of hydrogen-bond donors (Lipinski definition) is 2. The number of ether oxygens (including phenoxy) is 1. The first kappa shape index (κ1) is 17.5. The molecule has 5 nitrogen and oxygen atoms in total. The Labute approximate surface area is 137 Å². The first-order valence-corrected chi connectivity index (χ1v) is 7.97. The van der Waals surface area contributed by atoms with Crippen LogP contribution < -0.4 is 11.1 Å². The van der Waals surface area contributed by atoms with Crippen molar-refractivity contribution in [3.05, 3.63) is 35.4 Å². The molecule has 1 heterocycles. The van der Waals surface area contributed by atoms with Crippen molar-refractivity contribution >= 4 is 11.8 Å². The summed E-state index contributed by atoms with van der Waals surface area (Å²) in [6.45, 7) is 8.10. The molecule has 1 aromatic rings. The minimum atomic E-state index is -0.444. The summed E-state index contributed by atoms with van der Waals surface area (Å²) >= 11 is 0. The van der Waals surface area contributed by atoms with Gasteiger partial charge in [-0.1, -0.05) is 12.1 Å². The molecule has 23 heavy (non-hydrogen) atoms. The Balaban J connectivity index is 1.87. The maximum Gasteiger partial charge on any atom is 0.248 e. The second-order valence-electron chi connectivity index (χ2n) is 7.35. The van der Waals surface area contributed by atoms with E-state index in [1.807, 2.05) is 39.8 Å². The number of aryl methyl sites for hydroxylation is 1. The Hall–Kier alpha value is -1.88. The number of carbonyl (C=O) groups excluding carboxylic acids is 2.